The number of nitrogens with zero attached hydrogens (tertiary/aromatic N) is 3. The van der Waals surface area contributed by atoms with Crippen molar-refractivity contribution in [2.45, 2.75) is 19.9 Å². The van der Waals surface area contributed by atoms with Crippen LogP contribution in [0.1, 0.15) is 24.2 Å². The molecule has 0 radical (unpaired) electrons. The third-order valence-corrected chi connectivity index (χ3v) is 5.13. The van der Waals surface area contributed by atoms with E-state index >= 15 is 0 Å². The number of benzene rings is 2. The Hall–Kier alpha value is -3.08. The van der Waals surface area contributed by atoms with E-state index in [1.807, 2.05) is 50.4 Å². The van der Waals surface area contributed by atoms with Crippen LogP contribution < -0.4 is 15.1 Å². The molecule has 2 aromatic carbocycles. The molecule has 144 valence electrons. The summed E-state index contributed by atoms with van der Waals surface area (Å²) >= 11 is 0. The second-order valence-corrected chi connectivity index (χ2v) is 7.51. The van der Waals surface area contributed by atoms with Crippen LogP contribution in [-0.4, -0.2) is 43.1 Å². The van der Waals surface area contributed by atoms with Crippen LogP contribution in [0.2, 0.25) is 0 Å². The van der Waals surface area contributed by atoms with Crippen LogP contribution in [-0.2, 0) is 0 Å². The Morgan fingerprint density at radius 2 is 1.68 bits per heavy atom. The van der Waals surface area contributed by atoms with Crippen molar-refractivity contribution in [2.75, 3.05) is 36.0 Å². The van der Waals surface area contributed by atoms with Crippen molar-refractivity contribution in [3.8, 4) is 0 Å². The average Bonchev–Trinajstić information content (AvgIpc) is 2.73. The molecule has 0 spiro atoms. The molecule has 0 saturated carbocycles. The Balaban J connectivity index is 1.58. The zero-order valence-corrected chi connectivity index (χ0v) is 16.4. The molecule has 1 aliphatic heterocycles. The molecule has 4 rings (SSSR count). The van der Waals surface area contributed by atoms with Crippen molar-refractivity contribution < 1.29 is 4.79 Å². The van der Waals surface area contributed by atoms with Crippen molar-refractivity contribution in [3.63, 3.8) is 0 Å². The number of carbonyl (C=O) groups is 1. The maximum absolute atomic E-state index is 12.4. The summed E-state index contributed by atoms with van der Waals surface area (Å²) < 4.78 is 0. The molecule has 1 amide bonds. The molecule has 0 aliphatic carbocycles. The Labute approximate surface area is 166 Å². The summed E-state index contributed by atoms with van der Waals surface area (Å²) in [4.78, 5) is 21.8. The monoisotopic (exact) mass is 374 g/mol. The lowest BCUT2D eigenvalue weighted by atomic mass is 10.1. The number of nitrogens with one attached hydrogen (secondary N) is 1. The number of para-hydroxylation sites is 1. The minimum atomic E-state index is -0.0411. The Morgan fingerprint density at radius 1 is 0.964 bits per heavy atom. The quantitative estimate of drug-likeness (QED) is 0.756. The molecular formula is C23H26N4O. The van der Waals surface area contributed by atoms with Gasteiger partial charge in [-0.2, -0.15) is 0 Å². The molecule has 2 heterocycles. The Kier molecular flexibility index (Phi) is 5.15. The second-order valence-electron chi connectivity index (χ2n) is 7.51. The van der Waals surface area contributed by atoms with Gasteiger partial charge in [-0.3, -0.25) is 4.79 Å². The van der Waals surface area contributed by atoms with E-state index in [9.17, 15) is 4.79 Å². The highest BCUT2D eigenvalue weighted by molar-refractivity contribution is 6.01. The number of rotatable bonds is 4. The van der Waals surface area contributed by atoms with Crippen molar-refractivity contribution in [1.82, 2.24) is 10.3 Å². The van der Waals surface area contributed by atoms with Gasteiger partial charge in [0.2, 0.25) is 0 Å². The third-order valence-electron chi connectivity index (χ3n) is 5.13. The molecule has 1 fully saturated rings. The third kappa shape index (κ3) is 3.79. The first-order chi connectivity index (χ1) is 13.6. The lowest BCUT2D eigenvalue weighted by molar-refractivity contribution is 0.0943. The van der Waals surface area contributed by atoms with E-state index in [0.717, 1.165) is 42.8 Å². The summed E-state index contributed by atoms with van der Waals surface area (Å²) in [5.41, 5.74) is 1.94. The summed E-state index contributed by atoms with van der Waals surface area (Å²) in [6.45, 7) is 7.66. The largest absolute Gasteiger partial charge is 0.368 e. The highest BCUT2D eigenvalue weighted by Gasteiger charge is 2.20. The summed E-state index contributed by atoms with van der Waals surface area (Å²) in [6, 6.07) is 18.5. The molecular weight excluding hydrogens is 348 g/mol. The zero-order chi connectivity index (χ0) is 19.5. The molecule has 5 nitrogen and oxygen atoms in total. The van der Waals surface area contributed by atoms with E-state index in [4.69, 9.17) is 0 Å². The van der Waals surface area contributed by atoms with Crippen LogP contribution in [0.4, 0.5) is 11.5 Å². The van der Waals surface area contributed by atoms with Gasteiger partial charge < -0.3 is 15.1 Å². The van der Waals surface area contributed by atoms with Gasteiger partial charge in [0.15, 0.2) is 0 Å². The smallest absolute Gasteiger partial charge is 0.251 e. The van der Waals surface area contributed by atoms with Crippen LogP contribution in [0.25, 0.3) is 10.8 Å². The molecule has 0 unspecified atom stereocenters. The molecule has 1 N–H and O–H groups in total. The molecule has 1 aliphatic rings. The van der Waals surface area contributed by atoms with E-state index < -0.39 is 0 Å². The number of hydrogen-bond donors (Lipinski definition) is 1. The second kappa shape index (κ2) is 7.89. The number of pyridine rings is 1. The van der Waals surface area contributed by atoms with Gasteiger partial charge in [0.25, 0.3) is 5.91 Å². The van der Waals surface area contributed by atoms with Gasteiger partial charge in [0.05, 0.1) is 0 Å². The fourth-order valence-electron chi connectivity index (χ4n) is 3.71. The first kappa shape index (κ1) is 18.3. The lowest BCUT2D eigenvalue weighted by Crippen LogP contribution is -2.46. The van der Waals surface area contributed by atoms with E-state index in [0.29, 0.717) is 5.56 Å². The van der Waals surface area contributed by atoms with E-state index in [-0.39, 0.29) is 11.9 Å². The van der Waals surface area contributed by atoms with Gasteiger partial charge >= 0.3 is 0 Å². The number of hydrogen-bond acceptors (Lipinski definition) is 4. The maximum Gasteiger partial charge on any atom is 0.251 e. The molecule has 0 bridgehead atoms. The lowest BCUT2D eigenvalue weighted by Gasteiger charge is -2.37. The molecule has 5 heteroatoms. The van der Waals surface area contributed by atoms with Crippen molar-refractivity contribution in [1.29, 1.82) is 0 Å². The van der Waals surface area contributed by atoms with E-state index in [2.05, 4.69) is 44.4 Å². The van der Waals surface area contributed by atoms with Crippen molar-refractivity contribution >= 4 is 28.2 Å². The highest BCUT2D eigenvalue weighted by atomic mass is 16.1. The predicted octanol–water partition coefficient (Wildman–Crippen LogP) is 3.70. The molecule has 3 aromatic rings. The zero-order valence-electron chi connectivity index (χ0n) is 16.4. The number of aromatic nitrogens is 1. The molecule has 1 aromatic heterocycles. The highest BCUT2D eigenvalue weighted by Crippen LogP contribution is 2.27. The van der Waals surface area contributed by atoms with E-state index in [1.165, 1.54) is 5.69 Å². The SMILES string of the molecule is CC(C)NC(=O)c1ccc2ccnc(N3CCN(c4ccccc4)CC3)c2c1. The normalized spacial score (nSPS) is 14.5. The number of carbonyl (C=O) groups excluding carboxylic acids is 1. The van der Waals surface area contributed by atoms with Crippen LogP contribution in [0.15, 0.2) is 60.8 Å². The van der Waals surface area contributed by atoms with Crippen molar-refractivity contribution in [2.24, 2.45) is 0 Å². The standard InChI is InChI=1S/C23H26N4O/c1-17(2)25-23(28)19-9-8-18-10-11-24-22(21(18)16-19)27-14-12-26(13-15-27)20-6-4-3-5-7-20/h3-11,16-17H,12-15H2,1-2H3,(H,25,28). The summed E-state index contributed by atoms with van der Waals surface area (Å²) in [5, 5.41) is 5.11. The maximum atomic E-state index is 12.4. The number of amides is 1. The number of anilines is 2. The summed E-state index contributed by atoms with van der Waals surface area (Å²) in [7, 11) is 0. The van der Waals surface area contributed by atoms with Crippen LogP contribution in [0.5, 0.6) is 0 Å². The van der Waals surface area contributed by atoms with Gasteiger partial charge in [-0.25, -0.2) is 4.98 Å². The van der Waals surface area contributed by atoms with Gasteiger partial charge in [-0.15, -0.1) is 0 Å². The summed E-state index contributed by atoms with van der Waals surface area (Å²) in [6.07, 6.45) is 1.86. The van der Waals surface area contributed by atoms with E-state index in [1.54, 1.807) is 0 Å². The van der Waals surface area contributed by atoms with Gasteiger partial charge in [-0.1, -0.05) is 24.3 Å². The minimum absolute atomic E-state index is 0.0411. The van der Waals surface area contributed by atoms with Crippen LogP contribution in [0, 0.1) is 0 Å². The summed E-state index contributed by atoms with van der Waals surface area (Å²) in [5.74, 6) is 0.921. The fourth-order valence-corrected chi connectivity index (χ4v) is 3.71. The van der Waals surface area contributed by atoms with Gasteiger partial charge in [0, 0.05) is 55.1 Å². The minimum Gasteiger partial charge on any atom is -0.368 e. The average molecular weight is 374 g/mol. The fraction of sp³-hybridized carbons (Fsp3) is 0.304. The Morgan fingerprint density at radius 3 is 2.39 bits per heavy atom. The predicted molar refractivity (Wildman–Crippen MR) is 115 cm³/mol. The molecule has 0 atom stereocenters. The number of piperazine rings is 1. The Bertz CT molecular complexity index is 963. The molecule has 1 saturated heterocycles. The first-order valence-electron chi connectivity index (χ1n) is 9.86. The van der Waals surface area contributed by atoms with Crippen LogP contribution >= 0.6 is 0 Å². The van der Waals surface area contributed by atoms with Crippen molar-refractivity contribution in [3.05, 3.63) is 66.4 Å². The molecule has 28 heavy (non-hydrogen) atoms. The number of fused-ring (bicyclic) bond motifs is 1. The first-order valence-corrected chi connectivity index (χ1v) is 9.86. The van der Waals surface area contributed by atoms with Gasteiger partial charge in [0.1, 0.15) is 5.82 Å². The van der Waals surface area contributed by atoms with Gasteiger partial charge in [-0.05, 0) is 49.6 Å². The van der Waals surface area contributed by atoms with Crippen LogP contribution in [0.3, 0.4) is 0 Å². The topological polar surface area (TPSA) is 48.5 Å².